The standard InChI is InChI=1S/C18H24N2O/c1-2-10-19-15(18-12-6-5-7-13(12)18)11-17-20-14-8-3-4-9-16(14)21-17/h3-4,8-9,12-13,15,18-19H,2,5-7,10-11H2,1H3. The first kappa shape index (κ1) is 13.3. The van der Waals surface area contributed by atoms with Crippen molar-refractivity contribution in [1.29, 1.82) is 0 Å². The Balaban J connectivity index is 1.50. The zero-order valence-corrected chi connectivity index (χ0v) is 12.7. The van der Waals surface area contributed by atoms with Gasteiger partial charge in [0.1, 0.15) is 5.52 Å². The molecule has 0 amide bonds. The minimum Gasteiger partial charge on any atom is -0.441 e. The summed E-state index contributed by atoms with van der Waals surface area (Å²) in [5, 5.41) is 3.75. The van der Waals surface area contributed by atoms with Crippen LogP contribution in [0.5, 0.6) is 0 Å². The fourth-order valence-electron chi connectivity index (χ4n) is 4.34. The van der Waals surface area contributed by atoms with Crippen LogP contribution >= 0.6 is 0 Å². The monoisotopic (exact) mass is 284 g/mol. The van der Waals surface area contributed by atoms with Gasteiger partial charge in [0.15, 0.2) is 11.5 Å². The van der Waals surface area contributed by atoms with Gasteiger partial charge in [-0.25, -0.2) is 4.98 Å². The number of hydrogen-bond donors (Lipinski definition) is 1. The summed E-state index contributed by atoms with van der Waals surface area (Å²) in [7, 11) is 0. The van der Waals surface area contributed by atoms with Gasteiger partial charge in [0.2, 0.25) is 0 Å². The Kier molecular flexibility index (Phi) is 3.46. The first-order chi connectivity index (χ1) is 10.4. The third-order valence-corrected chi connectivity index (χ3v) is 5.33. The van der Waals surface area contributed by atoms with Crippen molar-refractivity contribution in [2.45, 2.75) is 45.1 Å². The molecule has 3 nitrogen and oxygen atoms in total. The molecule has 2 saturated carbocycles. The number of nitrogens with one attached hydrogen (secondary N) is 1. The Hall–Kier alpha value is -1.35. The molecular formula is C18H24N2O. The molecular weight excluding hydrogens is 260 g/mol. The lowest BCUT2D eigenvalue weighted by Crippen LogP contribution is -2.35. The van der Waals surface area contributed by atoms with Crippen molar-refractivity contribution in [1.82, 2.24) is 10.3 Å². The number of benzene rings is 1. The van der Waals surface area contributed by atoms with Gasteiger partial charge in [-0.15, -0.1) is 0 Å². The molecule has 1 aromatic carbocycles. The van der Waals surface area contributed by atoms with Crippen LogP contribution in [0.4, 0.5) is 0 Å². The molecule has 0 saturated heterocycles. The molecule has 3 unspecified atom stereocenters. The van der Waals surface area contributed by atoms with E-state index in [-0.39, 0.29) is 0 Å². The number of hydrogen-bond acceptors (Lipinski definition) is 3. The molecule has 0 bridgehead atoms. The van der Waals surface area contributed by atoms with Gasteiger partial charge in [-0.3, -0.25) is 0 Å². The molecule has 112 valence electrons. The van der Waals surface area contributed by atoms with Crippen molar-refractivity contribution in [3.8, 4) is 0 Å². The topological polar surface area (TPSA) is 38.1 Å². The second kappa shape index (κ2) is 5.45. The second-order valence-electron chi connectivity index (χ2n) is 6.68. The van der Waals surface area contributed by atoms with E-state index in [0.29, 0.717) is 6.04 Å². The summed E-state index contributed by atoms with van der Waals surface area (Å²) in [5.41, 5.74) is 1.90. The minimum atomic E-state index is 0.549. The lowest BCUT2D eigenvalue weighted by molar-refractivity contribution is 0.374. The molecule has 0 spiro atoms. The van der Waals surface area contributed by atoms with Gasteiger partial charge in [0.25, 0.3) is 0 Å². The normalized spacial score (nSPS) is 28.7. The lowest BCUT2D eigenvalue weighted by Gasteiger charge is -2.18. The predicted molar refractivity (Wildman–Crippen MR) is 84.1 cm³/mol. The van der Waals surface area contributed by atoms with Gasteiger partial charge in [0.05, 0.1) is 0 Å². The van der Waals surface area contributed by atoms with Crippen LogP contribution in [0.1, 0.15) is 38.5 Å². The molecule has 4 rings (SSSR count). The third-order valence-electron chi connectivity index (χ3n) is 5.33. The number of para-hydroxylation sites is 2. The fraction of sp³-hybridized carbons (Fsp3) is 0.611. The van der Waals surface area contributed by atoms with E-state index in [2.05, 4.69) is 17.2 Å². The van der Waals surface area contributed by atoms with Crippen LogP contribution < -0.4 is 5.32 Å². The van der Waals surface area contributed by atoms with E-state index in [1.165, 1.54) is 25.7 Å². The molecule has 2 aliphatic carbocycles. The third kappa shape index (κ3) is 2.48. The smallest absolute Gasteiger partial charge is 0.197 e. The zero-order valence-electron chi connectivity index (χ0n) is 12.7. The molecule has 3 heteroatoms. The van der Waals surface area contributed by atoms with E-state index < -0.39 is 0 Å². The lowest BCUT2D eigenvalue weighted by atomic mass is 10.0. The average Bonchev–Trinajstić information content (AvgIpc) is 2.89. The highest BCUT2D eigenvalue weighted by molar-refractivity contribution is 5.72. The highest BCUT2D eigenvalue weighted by Crippen LogP contribution is 2.59. The fourth-order valence-corrected chi connectivity index (χ4v) is 4.34. The molecule has 0 radical (unpaired) electrons. The van der Waals surface area contributed by atoms with Crippen molar-refractivity contribution in [2.75, 3.05) is 6.54 Å². The van der Waals surface area contributed by atoms with Crippen molar-refractivity contribution in [3.63, 3.8) is 0 Å². The molecule has 2 fully saturated rings. The van der Waals surface area contributed by atoms with Crippen LogP contribution in [0.2, 0.25) is 0 Å². The summed E-state index contributed by atoms with van der Waals surface area (Å²) in [4.78, 5) is 4.66. The highest BCUT2D eigenvalue weighted by atomic mass is 16.3. The summed E-state index contributed by atoms with van der Waals surface area (Å²) in [6, 6.07) is 8.62. The molecule has 0 aliphatic heterocycles. The van der Waals surface area contributed by atoms with Crippen molar-refractivity contribution >= 4 is 11.1 Å². The van der Waals surface area contributed by atoms with Gasteiger partial charge >= 0.3 is 0 Å². The molecule has 21 heavy (non-hydrogen) atoms. The van der Waals surface area contributed by atoms with Crippen LogP contribution in [0.25, 0.3) is 11.1 Å². The van der Waals surface area contributed by atoms with E-state index >= 15 is 0 Å². The molecule has 3 atom stereocenters. The first-order valence-corrected chi connectivity index (χ1v) is 8.44. The molecule has 1 aromatic heterocycles. The second-order valence-corrected chi connectivity index (χ2v) is 6.68. The number of fused-ring (bicyclic) bond motifs is 2. The van der Waals surface area contributed by atoms with Gasteiger partial charge in [-0.2, -0.15) is 0 Å². The van der Waals surface area contributed by atoms with Crippen LogP contribution in [0.15, 0.2) is 28.7 Å². The van der Waals surface area contributed by atoms with E-state index in [1.807, 2.05) is 24.3 Å². The largest absolute Gasteiger partial charge is 0.441 e. The van der Waals surface area contributed by atoms with Gasteiger partial charge < -0.3 is 9.73 Å². The average molecular weight is 284 g/mol. The number of aromatic nitrogens is 1. The Bertz CT molecular complexity index is 577. The summed E-state index contributed by atoms with van der Waals surface area (Å²) in [5.74, 6) is 3.71. The highest BCUT2D eigenvalue weighted by Gasteiger charge is 2.55. The van der Waals surface area contributed by atoms with E-state index in [4.69, 9.17) is 4.42 Å². The number of oxazole rings is 1. The summed E-state index contributed by atoms with van der Waals surface area (Å²) >= 11 is 0. The summed E-state index contributed by atoms with van der Waals surface area (Å²) in [6.07, 6.45) is 6.44. The van der Waals surface area contributed by atoms with E-state index in [1.54, 1.807) is 0 Å². The van der Waals surface area contributed by atoms with Gasteiger partial charge in [-0.05, 0) is 55.7 Å². The van der Waals surface area contributed by atoms with Crippen LogP contribution in [0, 0.1) is 17.8 Å². The Morgan fingerprint density at radius 2 is 2.10 bits per heavy atom. The maximum Gasteiger partial charge on any atom is 0.197 e. The Labute approximate surface area is 126 Å². The quantitative estimate of drug-likeness (QED) is 0.877. The van der Waals surface area contributed by atoms with Crippen molar-refractivity contribution in [2.24, 2.45) is 17.8 Å². The number of rotatable bonds is 6. The predicted octanol–water partition coefficient (Wildman–Crippen LogP) is 3.78. The first-order valence-electron chi connectivity index (χ1n) is 8.44. The summed E-state index contributed by atoms with van der Waals surface area (Å²) in [6.45, 7) is 3.33. The maximum absolute atomic E-state index is 5.93. The Morgan fingerprint density at radius 1 is 1.29 bits per heavy atom. The maximum atomic E-state index is 5.93. The molecule has 1 N–H and O–H groups in total. The SMILES string of the molecule is CCCNC(Cc1nc2ccccc2o1)C1C2CCCC21. The molecule has 2 aliphatic rings. The van der Waals surface area contributed by atoms with E-state index in [0.717, 1.165) is 47.7 Å². The summed E-state index contributed by atoms with van der Waals surface area (Å²) < 4.78 is 5.93. The Morgan fingerprint density at radius 3 is 2.86 bits per heavy atom. The van der Waals surface area contributed by atoms with Crippen LogP contribution in [-0.4, -0.2) is 17.6 Å². The van der Waals surface area contributed by atoms with Crippen LogP contribution in [0.3, 0.4) is 0 Å². The van der Waals surface area contributed by atoms with Crippen molar-refractivity contribution in [3.05, 3.63) is 30.2 Å². The number of nitrogens with zero attached hydrogens (tertiary/aromatic N) is 1. The van der Waals surface area contributed by atoms with Gasteiger partial charge in [0, 0.05) is 12.5 Å². The van der Waals surface area contributed by atoms with E-state index in [9.17, 15) is 0 Å². The molecule has 1 heterocycles. The molecule has 2 aromatic rings. The minimum absolute atomic E-state index is 0.549. The van der Waals surface area contributed by atoms with Crippen molar-refractivity contribution < 1.29 is 4.42 Å². The van der Waals surface area contributed by atoms with Crippen LogP contribution in [-0.2, 0) is 6.42 Å². The van der Waals surface area contributed by atoms with Gasteiger partial charge in [-0.1, -0.05) is 25.5 Å². The zero-order chi connectivity index (χ0) is 14.2.